The molecule has 10 heteroatoms. The monoisotopic (exact) mass is 424 g/mol. The van der Waals surface area contributed by atoms with Gasteiger partial charge in [0, 0.05) is 25.4 Å². The number of amides is 1. The first-order chi connectivity index (χ1) is 14.7. The Labute approximate surface area is 177 Å². The lowest BCUT2D eigenvalue weighted by Crippen LogP contribution is -2.25. The zero-order valence-electron chi connectivity index (χ0n) is 16.4. The van der Waals surface area contributed by atoms with E-state index in [1.54, 1.807) is 30.2 Å². The van der Waals surface area contributed by atoms with Crippen LogP contribution in [0.25, 0.3) is 5.82 Å². The average molecular weight is 424 g/mol. The van der Waals surface area contributed by atoms with Gasteiger partial charge >= 0.3 is 5.97 Å². The predicted molar refractivity (Wildman–Crippen MR) is 108 cm³/mol. The van der Waals surface area contributed by atoms with Crippen molar-refractivity contribution in [1.29, 1.82) is 0 Å². The molecule has 1 amide bonds. The first-order valence-corrected chi connectivity index (χ1v) is 10.4. The van der Waals surface area contributed by atoms with Gasteiger partial charge in [-0.2, -0.15) is 0 Å². The molecule has 1 saturated heterocycles. The van der Waals surface area contributed by atoms with Crippen LogP contribution in [0.5, 0.6) is 0 Å². The van der Waals surface area contributed by atoms with Crippen LogP contribution in [0.4, 0.5) is 0 Å². The first-order valence-electron chi connectivity index (χ1n) is 9.60. The molecule has 1 aliphatic heterocycles. The van der Waals surface area contributed by atoms with Crippen LogP contribution >= 0.6 is 11.8 Å². The molecule has 3 aromatic heterocycles. The lowest BCUT2D eigenvalue weighted by atomic mass is 10.3. The molecule has 0 aromatic carbocycles. The van der Waals surface area contributed by atoms with Gasteiger partial charge in [-0.25, -0.2) is 14.8 Å². The van der Waals surface area contributed by atoms with Crippen molar-refractivity contribution in [3.8, 4) is 5.82 Å². The number of carbonyl (C=O) groups is 2. The fraction of sp³-hybridized carbons (Fsp3) is 0.300. The molecule has 0 unspecified atom stereocenters. The number of nitrogens with zero attached hydrogens (tertiary/aromatic N) is 6. The number of esters is 1. The highest BCUT2D eigenvalue weighted by atomic mass is 32.2. The summed E-state index contributed by atoms with van der Waals surface area (Å²) in [5, 5.41) is 9.85. The van der Waals surface area contributed by atoms with Gasteiger partial charge in [0.15, 0.2) is 5.82 Å². The van der Waals surface area contributed by atoms with Gasteiger partial charge in [-0.1, -0.05) is 6.07 Å². The van der Waals surface area contributed by atoms with Gasteiger partial charge in [0.05, 0.1) is 18.7 Å². The predicted octanol–water partition coefficient (Wildman–Crippen LogP) is 2.51. The maximum atomic E-state index is 12.1. The van der Waals surface area contributed by atoms with Crippen LogP contribution in [0.3, 0.4) is 0 Å². The molecule has 0 atom stereocenters. The molecular formula is C20H20N6O3S. The minimum absolute atomic E-state index is 0.121. The zero-order valence-corrected chi connectivity index (χ0v) is 17.2. The van der Waals surface area contributed by atoms with Crippen molar-refractivity contribution in [2.24, 2.45) is 0 Å². The summed E-state index contributed by atoms with van der Waals surface area (Å²) >= 11 is 1.31. The van der Waals surface area contributed by atoms with E-state index < -0.39 is 5.97 Å². The molecular weight excluding hydrogens is 404 g/mol. The molecule has 4 heterocycles. The van der Waals surface area contributed by atoms with Gasteiger partial charge in [0.2, 0.25) is 11.1 Å². The molecule has 3 aromatic rings. The summed E-state index contributed by atoms with van der Waals surface area (Å²) in [4.78, 5) is 34.4. The van der Waals surface area contributed by atoms with Crippen LogP contribution in [-0.2, 0) is 16.1 Å². The smallest absolute Gasteiger partial charge is 0.339 e. The number of hydrogen-bond acceptors (Lipinski definition) is 8. The summed E-state index contributed by atoms with van der Waals surface area (Å²) in [5.41, 5.74) is 0.389. The van der Waals surface area contributed by atoms with Crippen LogP contribution in [-0.4, -0.2) is 54.7 Å². The lowest BCUT2D eigenvalue weighted by Gasteiger charge is -2.16. The van der Waals surface area contributed by atoms with Gasteiger partial charge < -0.3 is 9.64 Å². The van der Waals surface area contributed by atoms with Gasteiger partial charge in [0.1, 0.15) is 10.8 Å². The molecule has 0 N–H and O–H groups in total. The number of aromatic nitrogens is 5. The molecule has 154 valence electrons. The van der Waals surface area contributed by atoms with Crippen molar-refractivity contribution in [2.75, 3.05) is 13.2 Å². The third kappa shape index (κ3) is 4.33. The fourth-order valence-corrected chi connectivity index (χ4v) is 3.90. The van der Waals surface area contributed by atoms with Gasteiger partial charge in [-0.3, -0.25) is 9.36 Å². The van der Waals surface area contributed by atoms with Gasteiger partial charge in [-0.15, -0.1) is 10.2 Å². The van der Waals surface area contributed by atoms with Crippen LogP contribution in [0, 0.1) is 0 Å². The van der Waals surface area contributed by atoms with E-state index in [0.717, 1.165) is 6.42 Å². The van der Waals surface area contributed by atoms with E-state index in [4.69, 9.17) is 4.74 Å². The molecule has 1 fully saturated rings. The first kappa shape index (κ1) is 20.0. The van der Waals surface area contributed by atoms with Crippen LogP contribution in [0.1, 0.15) is 35.9 Å². The highest BCUT2D eigenvalue weighted by Gasteiger charge is 2.24. The summed E-state index contributed by atoms with van der Waals surface area (Å²) in [6.45, 7) is 3.16. The van der Waals surface area contributed by atoms with E-state index in [1.807, 2.05) is 22.8 Å². The third-order valence-electron chi connectivity index (χ3n) is 4.53. The number of carbonyl (C=O) groups excluding carboxylic acids is 2. The van der Waals surface area contributed by atoms with Crippen molar-refractivity contribution >= 4 is 23.6 Å². The van der Waals surface area contributed by atoms with Gasteiger partial charge in [-0.05, 0) is 49.4 Å². The molecule has 0 radical (unpaired) electrons. The second-order valence-corrected chi connectivity index (χ2v) is 7.54. The van der Waals surface area contributed by atoms with Crippen LogP contribution in [0.15, 0.2) is 52.9 Å². The molecule has 4 rings (SSSR count). The molecule has 9 nitrogen and oxygen atoms in total. The van der Waals surface area contributed by atoms with Crippen molar-refractivity contribution in [3.63, 3.8) is 0 Å². The minimum atomic E-state index is -0.407. The van der Waals surface area contributed by atoms with Crippen LogP contribution in [0.2, 0.25) is 0 Å². The van der Waals surface area contributed by atoms with E-state index in [2.05, 4.69) is 20.2 Å². The Morgan fingerprint density at radius 2 is 2.10 bits per heavy atom. The van der Waals surface area contributed by atoms with Crippen molar-refractivity contribution in [3.05, 3.63) is 54.1 Å². The topological polar surface area (TPSA) is 103 Å². The summed E-state index contributed by atoms with van der Waals surface area (Å²) in [6.07, 6.45) is 4.59. The lowest BCUT2D eigenvalue weighted by molar-refractivity contribution is -0.128. The maximum absolute atomic E-state index is 12.1. The standard InChI is InChI=1S/C20H20N6O3S/c1-2-29-19(28)14-8-9-17(22-12-14)30-20-24-23-16(13-25-11-5-7-18(25)27)26(20)15-6-3-4-10-21-15/h3-4,6,8-10,12H,2,5,7,11,13H2,1H3. The van der Waals surface area contributed by atoms with Gasteiger partial charge in [0.25, 0.3) is 0 Å². The van der Waals surface area contributed by atoms with E-state index >= 15 is 0 Å². The fourth-order valence-electron chi connectivity index (χ4n) is 3.10. The number of pyridine rings is 2. The number of likely N-dealkylation sites (tertiary alicyclic amines) is 1. The number of hydrogen-bond donors (Lipinski definition) is 0. The Kier molecular flexibility index (Phi) is 6.03. The SMILES string of the molecule is CCOC(=O)c1ccc(Sc2nnc(CN3CCCC3=O)n2-c2ccccn2)nc1. The Morgan fingerprint density at radius 3 is 2.77 bits per heavy atom. The minimum Gasteiger partial charge on any atom is -0.462 e. The second-order valence-electron chi connectivity index (χ2n) is 6.55. The van der Waals surface area contributed by atoms with Crippen molar-refractivity contribution in [2.45, 2.75) is 36.5 Å². The van der Waals surface area contributed by atoms with Crippen molar-refractivity contribution < 1.29 is 14.3 Å². The molecule has 0 bridgehead atoms. The highest BCUT2D eigenvalue weighted by molar-refractivity contribution is 7.99. The Bertz CT molecular complexity index is 1040. The molecule has 0 aliphatic carbocycles. The Balaban J connectivity index is 1.61. The maximum Gasteiger partial charge on any atom is 0.339 e. The summed E-state index contributed by atoms with van der Waals surface area (Å²) < 4.78 is 6.82. The highest BCUT2D eigenvalue weighted by Crippen LogP contribution is 2.28. The molecule has 30 heavy (non-hydrogen) atoms. The van der Waals surface area contributed by atoms with Crippen LogP contribution < -0.4 is 0 Å². The van der Waals surface area contributed by atoms with E-state index in [1.165, 1.54) is 18.0 Å². The molecule has 0 spiro atoms. The second kappa shape index (κ2) is 9.04. The quantitative estimate of drug-likeness (QED) is 0.533. The average Bonchev–Trinajstić information content (AvgIpc) is 3.35. The molecule has 1 aliphatic rings. The summed E-state index contributed by atoms with van der Waals surface area (Å²) in [7, 11) is 0. The summed E-state index contributed by atoms with van der Waals surface area (Å²) in [6, 6.07) is 8.98. The normalized spacial score (nSPS) is 13.6. The van der Waals surface area contributed by atoms with Crippen molar-refractivity contribution in [1.82, 2.24) is 29.6 Å². The van der Waals surface area contributed by atoms with E-state index in [9.17, 15) is 9.59 Å². The largest absolute Gasteiger partial charge is 0.462 e. The Morgan fingerprint density at radius 1 is 1.20 bits per heavy atom. The third-order valence-corrected chi connectivity index (χ3v) is 5.42. The number of rotatable bonds is 7. The Hall–Kier alpha value is -3.27. The van der Waals surface area contributed by atoms with E-state index in [0.29, 0.717) is 53.5 Å². The number of ether oxygens (including phenoxy) is 1. The zero-order chi connectivity index (χ0) is 20.9. The molecule has 0 saturated carbocycles. The summed E-state index contributed by atoms with van der Waals surface area (Å²) in [5.74, 6) is 1.01. The van der Waals surface area contributed by atoms with E-state index in [-0.39, 0.29) is 5.91 Å².